The molecule has 48 heavy (non-hydrogen) atoms. The predicted octanol–water partition coefficient (Wildman–Crippen LogP) is 7.65. The lowest BCUT2D eigenvalue weighted by Crippen LogP contribution is -2.61. The Morgan fingerprint density at radius 3 is 2.17 bits per heavy atom. The highest BCUT2D eigenvalue weighted by atomic mass is 16.7. The largest absolute Gasteiger partial charge is 0.392 e. The summed E-state index contributed by atoms with van der Waals surface area (Å²) in [7, 11) is 0. The zero-order chi connectivity index (χ0) is 32.5. The Hall–Kier alpha value is -3.23. The van der Waals surface area contributed by atoms with Gasteiger partial charge < -0.3 is 30.1 Å². The van der Waals surface area contributed by atoms with Gasteiger partial charge in [-0.2, -0.15) is 0 Å². The molecule has 2 heterocycles. The number of hydrogen-bond donors (Lipinski definition) is 3. The molecule has 7 nitrogen and oxygen atoms in total. The van der Waals surface area contributed by atoms with Crippen molar-refractivity contribution in [1.82, 2.24) is 15.5 Å². The number of nitrogens with zero attached hydrogens (tertiary/aromatic N) is 1. The fourth-order valence-electron chi connectivity index (χ4n) is 9.92. The van der Waals surface area contributed by atoms with Crippen molar-refractivity contribution in [3.05, 3.63) is 95.1 Å². The van der Waals surface area contributed by atoms with E-state index < -0.39 is 6.29 Å². The van der Waals surface area contributed by atoms with E-state index in [9.17, 15) is 9.90 Å². The first kappa shape index (κ1) is 32.0. The van der Waals surface area contributed by atoms with Crippen LogP contribution in [0.25, 0.3) is 11.1 Å². The second-order valence-electron chi connectivity index (χ2n) is 15.5. The maximum absolute atomic E-state index is 13.1. The molecule has 4 saturated carbocycles. The van der Waals surface area contributed by atoms with Gasteiger partial charge in [0.25, 0.3) is 0 Å². The number of amides is 2. The van der Waals surface area contributed by atoms with Gasteiger partial charge in [-0.15, -0.1) is 0 Å². The summed E-state index contributed by atoms with van der Waals surface area (Å²) in [5.41, 5.74) is 6.33. The topological polar surface area (TPSA) is 83.1 Å². The maximum Gasteiger partial charge on any atom is 0.315 e. The Balaban J connectivity index is 0.949. The number of hydrogen-bond acceptors (Lipinski definition) is 5. The third kappa shape index (κ3) is 7.20. The lowest BCUT2D eigenvalue weighted by molar-refractivity contribution is -0.253. The molecule has 3 atom stereocenters. The van der Waals surface area contributed by atoms with Crippen LogP contribution in [0.2, 0.25) is 0 Å². The van der Waals surface area contributed by atoms with Crippen LogP contribution >= 0.6 is 0 Å². The number of nitrogens with one attached hydrogen (secondary N) is 2. The molecule has 3 aromatic carbocycles. The van der Waals surface area contributed by atoms with Crippen LogP contribution in [0.1, 0.15) is 98.9 Å². The van der Waals surface area contributed by atoms with Crippen molar-refractivity contribution in [2.75, 3.05) is 19.6 Å². The molecule has 3 unspecified atom stereocenters. The van der Waals surface area contributed by atoms with Gasteiger partial charge in [-0.1, -0.05) is 67.1 Å². The van der Waals surface area contributed by atoms with Crippen LogP contribution in [0.3, 0.4) is 0 Å². The monoisotopic (exact) mass is 649 g/mol. The summed E-state index contributed by atoms with van der Waals surface area (Å²) in [4.78, 5) is 15.7. The maximum atomic E-state index is 13.1. The van der Waals surface area contributed by atoms with Crippen LogP contribution in [0, 0.1) is 17.8 Å². The minimum absolute atomic E-state index is 0.0130. The average Bonchev–Trinajstić information content (AvgIpc) is 3.10. The van der Waals surface area contributed by atoms with Gasteiger partial charge in [0, 0.05) is 30.6 Å². The molecular formula is C41H51N3O4. The van der Waals surface area contributed by atoms with E-state index in [0.717, 1.165) is 96.5 Å². The second kappa shape index (κ2) is 13.9. The molecular weight excluding hydrogens is 598 g/mol. The molecule has 4 aliphatic carbocycles. The zero-order valence-electron chi connectivity index (χ0n) is 28.1. The van der Waals surface area contributed by atoms with Gasteiger partial charge in [-0.05, 0) is 122 Å². The van der Waals surface area contributed by atoms with E-state index in [1.54, 1.807) is 0 Å². The first-order valence-corrected chi connectivity index (χ1v) is 18.5. The van der Waals surface area contributed by atoms with Gasteiger partial charge >= 0.3 is 6.03 Å². The standard InChI is InChI=1S/C41H51N3O4/c45-27-28-10-12-33(13-11-28)38-21-37(26-44-14-2-1-3-15-44)47-39(48-38)36-9-5-8-35(20-36)34-7-4-6-29(19-34)25-42-40(46)43-41-22-30-16-31(23-41)18-32(17-30)24-41/h4-13,19-20,30-32,37-39,45H,1-3,14-18,21-27H2,(H2,42,43,46). The zero-order valence-corrected chi connectivity index (χ0v) is 28.1. The Labute approximate surface area is 285 Å². The number of aliphatic hydroxyl groups excluding tert-OH is 1. The molecule has 9 rings (SSSR count). The van der Waals surface area contributed by atoms with E-state index in [0.29, 0.717) is 6.54 Å². The minimum atomic E-state index is -0.478. The van der Waals surface area contributed by atoms with Gasteiger partial charge in [-0.3, -0.25) is 0 Å². The van der Waals surface area contributed by atoms with Crippen molar-refractivity contribution in [2.24, 2.45) is 17.8 Å². The molecule has 7 heteroatoms. The molecule has 6 aliphatic rings. The summed E-state index contributed by atoms with van der Waals surface area (Å²) < 4.78 is 13.4. The van der Waals surface area contributed by atoms with Crippen LogP contribution in [-0.4, -0.2) is 47.3 Å². The summed E-state index contributed by atoms with van der Waals surface area (Å²) in [6.45, 7) is 3.71. The van der Waals surface area contributed by atoms with Gasteiger partial charge in [0.05, 0.1) is 18.8 Å². The molecule has 0 aromatic heterocycles. The summed E-state index contributed by atoms with van der Waals surface area (Å²) in [6, 6.07) is 25.1. The first-order valence-electron chi connectivity index (χ1n) is 18.5. The van der Waals surface area contributed by atoms with Crippen molar-refractivity contribution in [3.63, 3.8) is 0 Å². The van der Waals surface area contributed by atoms with Crippen molar-refractivity contribution >= 4 is 6.03 Å². The van der Waals surface area contributed by atoms with Crippen LogP contribution in [0.5, 0.6) is 0 Å². The number of rotatable bonds is 9. The Morgan fingerprint density at radius 2 is 1.46 bits per heavy atom. The van der Waals surface area contributed by atoms with Crippen molar-refractivity contribution in [2.45, 2.75) is 101 Å². The lowest BCUT2D eigenvalue weighted by atomic mass is 9.53. The SMILES string of the molecule is O=C(NCc1cccc(-c2cccc(C3OC(CN4CCCCC4)CC(c4ccc(CO)cc4)O3)c2)c1)NC12CC3CC(CC(C3)C1)C2. The molecule has 4 bridgehead atoms. The molecule has 2 aliphatic heterocycles. The molecule has 2 saturated heterocycles. The molecule has 3 N–H and O–H groups in total. The normalized spacial score (nSPS) is 31.4. The third-order valence-corrected chi connectivity index (χ3v) is 11.8. The van der Waals surface area contributed by atoms with E-state index in [1.807, 2.05) is 12.1 Å². The highest BCUT2D eigenvalue weighted by molar-refractivity contribution is 5.75. The number of likely N-dealkylation sites (tertiary alicyclic amines) is 1. The summed E-state index contributed by atoms with van der Waals surface area (Å²) >= 11 is 0. The van der Waals surface area contributed by atoms with Crippen LogP contribution < -0.4 is 10.6 Å². The van der Waals surface area contributed by atoms with E-state index in [4.69, 9.17) is 9.47 Å². The number of aliphatic hydroxyl groups is 1. The number of piperidine rings is 1. The average molecular weight is 650 g/mol. The number of carbonyl (C=O) groups excluding carboxylic acids is 1. The Morgan fingerprint density at radius 1 is 0.771 bits per heavy atom. The van der Waals surface area contributed by atoms with Crippen molar-refractivity contribution < 1.29 is 19.4 Å². The Bertz CT molecular complexity index is 1530. The van der Waals surface area contributed by atoms with Gasteiger partial charge in [0.1, 0.15) is 0 Å². The summed E-state index contributed by atoms with van der Waals surface area (Å²) in [5.74, 6) is 2.41. The van der Waals surface area contributed by atoms with Gasteiger partial charge in [-0.25, -0.2) is 4.79 Å². The molecule has 6 fully saturated rings. The fraction of sp³-hybridized carbons (Fsp3) is 0.537. The minimum Gasteiger partial charge on any atom is -0.392 e. The first-order chi connectivity index (χ1) is 23.5. The molecule has 2 amide bonds. The summed E-state index contributed by atoms with van der Waals surface area (Å²) in [6.07, 6.45) is 11.7. The summed E-state index contributed by atoms with van der Waals surface area (Å²) in [5, 5.41) is 16.2. The van der Waals surface area contributed by atoms with Gasteiger partial charge in [0.15, 0.2) is 6.29 Å². The smallest absolute Gasteiger partial charge is 0.315 e. The quantitative estimate of drug-likeness (QED) is 0.222. The van der Waals surface area contributed by atoms with E-state index in [1.165, 1.54) is 38.5 Å². The Kier molecular flexibility index (Phi) is 9.30. The second-order valence-corrected chi connectivity index (χ2v) is 15.5. The van der Waals surface area contributed by atoms with E-state index >= 15 is 0 Å². The number of urea groups is 1. The highest BCUT2D eigenvalue weighted by Gasteiger charge is 2.51. The highest BCUT2D eigenvalue weighted by Crippen LogP contribution is 2.55. The predicted molar refractivity (Wildman–Crippen MR) is 187 cm³/mol. The van der Waals surface area contributed by atoms with E-state index in [2.05, 4.69) is 76.2 Å². The number of ether oxygens (including phenoxy) is 2. The van der Waals surface area contributed by atoms with Crippen LogP contribution in [0.4, 0.5) is 4.79 Å². The molecule has 254 valence electrons. The van der Waals surface area contributed by atoms with Crippen molar-refractivity contribution in [3.8, 4) is 11.1 Å². The molecule has 0 radical (unpaired) electrons. The van der Waals surface area contributed by atoms with Crippen LogP contribution in [-0.2, 0) is 22.6 Å². The van der Waals surface area contributed by atoms with E-state index in [-0.39, 0.29) is 30.4 Å². The molecule has 3 aromatic rings. The van der Waals surface area contributed by atoms with Gasteiger partial charge in [0.2, 0.25) is 0 Å². The number of carbonyl (C=O) groups is 1. The molecule has 0 spiro atoms. The fourth-order valence-corrected chi connectivity index (χ4v) is 9.92. The lowest BCUT2D eigenvalue weighted by Gasteiger charge is -2.56. The van der Waals surface area contributed by atoms with Crippen molar-refractivity contribution in [1.29, 1.82) is 0 Å². The van der Waals surface area contributed by atoms with Crippen LogP contribution in [0.15, 0.2) is 72.8 Å². The third-order valence-electron chi connectivity index (χ3n) is 11.8. The number of benzene rings is 3.